The van der Waals surface area contributed by atoms with Gasteiger partial charge in [0.2, 0.25) is 0 Å². The molecule has 2 aromatic rings. The molecule has 0 bridgehead atoms. The average molecular weight is 216 g/mol. The summed E-state index contributed by atoms with van der Waals surface area (Å²) in [5, 5.41) is 3.43. The van der Waals surface area contributed by atoms with E-state index in [-0.39, 0.29) is 0 Å². The summed E-state index contributed by atoms with van der Waals surface area (Å²) in [5.41, 5.74) is 2.35. The van der Waals surface area contributed by atoms with Crippen LogP contribution in [0.5, 0.6) is 0 Å². The van der Waals surface area contributed by atoms with Crippen molar-refractivity contribution in [3.8, 4) is 0 Å². The molecule has 0 aliphatic rings. The molecule has 4 heteroatoms. The molecule has 0 aliphatic heterocycles. The predicted octanol–water partition coefficient (Wildman–Crippen LogP) is 1.96. The maximum atomic E-state index is 4.16. The second-order valence-electron chi connectivity index (χ2n) is 3.88. The second-order valence-corrected chi connectivity index (χ2v) is 3.88. The Hall–Kier alpha value is -1.68. The largest absolute Gasteiger partial charge is 0.345 e. The van der Waals surface area contributed by atoms with Crippen LogP contribution in [0.15, 0.2) is 30.7 Å². The van der Waals surface area contributed by atoms with Crippen LogP contribution >= 0.6 is 0 Å². The van der Waals surface area contributed by atoms with Crippen LogP contribution in [0.25, 0.3) is 0 Å². The van der Waals surface area contributed by atoms with E-state index in [4.69, 9.17) is 0 Å². The van der Waals surface area contributed by atoms with E-state index < -0.39 is 0 Å². The molecule has 16 heavy (non-hydrogen) atoms. The molecule has 0 radical (unpaired) electrons. The van der Waals surface area contributed by atoms with Gasteiger partial charge in [0.15, 0.2) is 0 Å². The molecule has 0 fully saturated rings. The summed E-state index contributed by atoms with van der Waals surface area (Å²) < 4.78 is 0. The predicted molar refractivity (Wildman–Crippen MR) is 62.8 cm³/mol. The molecule has 0 aromatic carbocycles. The number of nitrogens with one attached hydrogen (secondary N) is 2. The number of pyridine rings is 1. The summed E-state index contributed by atoms with van der Waals surface area (Å²) in [6.45, 7) is 4.89. The molecule has 2 rings (SSSR count). The summed E-state index contributed by atoms with van der Waals surface area (Å²) in [6.07, 6.45) is 5.49. The van der Waals surface area contributed by atoms with E-state index in [9.17, 15) is 0 Å². The standard InChI is InChI=1S/C12H16N4/c1-9(11-3-5-13-6-4-11)14-7-12-8-15-10(2)16-12/h3-6,8-9,14H,7H2,1-2H3,(H,15,16)/t9-/m0/s1. The van der Waals surface area contributed by atoms with Gasteiger partial charge in [-0.1, -0.05) is 0 Å². The number of rotatable bonds is 4. The van der Waals surface area contributed by atoms with Crippen LogP contribution in [-0.2, 0) is 6.54 Å². The SMILES string of the molecule is Cc1ncc(CN[C@@H](C)c2ccncc2)[nH]1. The van der Waals surface area contributed by atoms with Gasteiger partial charge in [-0.2, -0.15) is 0 Å². The Bertz CT molecular complexity index is 435. The molecule has 1 atom stereocenters. The number of aromatic nitrogens is 3. The van der Waals surface area contributed by atoms with E-state index in [2.05, 4.69) is 27.2 Å². The van der Waals surface area contributed by atoms with Crippen LogP contribution in [0.2, 0.25) is 0 Å². The molecular formula is C12H16N4. The Kier molecular flexibility index (Phi) is 3.31. The van der Waals surface area contributed by atoms with Crippen LogP contribution in [-0.4, -0.2) is 15.0 Å². The number of aromatic amines is 1. The van der Waals surface area contributed by atoms with Crippen molar-refractivity contribution in [2.75, 3.05) is 0 Å². The van der Waals surface area contributed by atoms with E-state index in [0.29, 0.717) is 6.04 Å². The summed E-state index contributed by atoms with van der Waals surface area (Å²) in [4.78, 5) is 11.4. The lowest BCUT2D eigenvalue weighted by molar-refractivity contribution is 0.568. The third-order valence-corrected chi connectivity index (χ3v) is 2.56. The molecule has 0 saturated carbocycles. The minimum absolute atomic E-state index is 0.312. The first-order valence-electron chi connectivity index (χ1n) is 5.39. The lowest BCUT2D eigenvalue weighted by atomic mass is 10.1. The topological polar surface area (TPSA) is 53.6 Å². The fourth-order valence-electron chi connectivity index (χ4n) is 1.59. The molecule has 2 aromatic heterocycles. The van der Waals surface area contributed by atoms with Crippen LogP contribution in [0.4, 0.5) is 0 Å². The van der Waals surface area contributed by atoms with E-state index >= 15 is 0 Å². The zero-order valence-corrected chi connectivity index (χ0v) is 9.57. The Morgan fingerprint density at radius 3 is 2.75 bits per heavy atom. The number of nitrogens with zero attached hydrogens (tertiary/aromatic N) is 2. The Morgan fingerprint density at radius 1 is 1.38 bits per heavy atom. The molecule has 0 amide bonds. The quantitative estimate of drug-likeness (QED) is 0.821. The maximum Gasteiger partial charge on any atom is 0.103 e. The first-order chi connectivity index (χ1) is 7.75. The summed E-state index contributed by atoms with van der Waals surface area (Å²) in [5.74, 6) is 0.952. The monoisotopic (exact) mass is 216 g/mol. The minimum atomic E-state index is 0.312. The molecular weight excluding hydrogens is 200 g/mol. The van der Waals surface area contributed by atoms with Crippen molar-refractivity contribution < 1.29 is 0 Å². The summed E-state index contributed by atoms with van der Waals surface area (Å²) in [7, 11) is 0. The van der Waals surface area contributed by atoms with Gasteiger partial charge in [-0.15, -0.1) is 0 Å². The van der Waals surface area contributed by atoms with Crippen molar-refractivity contribution in [3.63, 3.8) is 0 Å². The van der Waals surface area contributed by atoms with E-state index in [1.54, 1.807) is 0 Å². The lowest BCUT2D eigenvalue weighted by Crippen LogP contribution is -2.18. The number of aryl methyl sites for hydroxylation is 1. The van der Waals surface area contributed by atoms with Crippen molar-refractivity contribution in [2.24, 2.45) is 0 Å². The highest BCUT2D eigenvalue weighted by molar-refractivity contribution is 5.14. The first kappa shape index (κ1) is 10.8. The van der Waals surface area contributed by atoms with Gasteiger partial charge in [0, 0.05) is 36.9 Å². The van der Waals surface area contributed by atoms with E-state index in [1.807, 2.05) is 37.6 Å². The van der Waals surface area contributed by atoms with Crippen molar-refractivity contribution in [1.29, 1.82) is 0 Å². The van der Waals surface area contributed by atoms with Crippen LogP contribution in [0, 0.1) is 6.92 Å². The molecule has 0 aliphatic carbocycles. The third-order valence-electron chi connectivity index (χ3n) is 2.56. The Balaban J connectivity index is 1.91. The normalized spacial score (nSPS) is 12.6. The molecule has 0 spiro atoms. The van der Waals surface area contributed by atoms with Crippen molar-refractivity contribution in [2.45, 2.75) is 26.4 Å². The number of hydrogen-bond acceptors (Lipinski definition) is 3. The van der Waals surface area contributed by atoms with Crippen LogP contribution < -0.4 is 5.32 Å². The average Bonchev–Trinajstić information content (AvgIpc) is 2.73. The number of hydrogen-bond donors (Lipinski definition) is 2. The van der Waals surface area contributed by atoms with Crippen molar-refractivity contribution >= 4 is 0 Å². The Labute approximate surface area is 95.1 Å². The van der Waals surface area contributed by atoms with Gasteiger partial charge in [-0.3, -0.25) is 4.98 Å². The summed E-state index contributed by atoms with van der Waals surface area (Å²) in [6, 6.07) is 4.36. The van der Waals surface area contributed by atoms with Crippen LogP contribution in [0.1, 0.15) is 30.0 Å². The minimum Gasteiger partial charge on any atom is -0.345 e. The highest BCUT2D eigenvalue weighted by Gasteiger charge is 2.04. The maximum absolute atomic E-state index is 4.16. The molecule has 84 valence electrons. The fourth-order valence-corrected chi connectivity index (χ4v) is 1.59. The van der Waals surface area contributed by atoms with Gasteiger partial charge in [0.1, 0.15) is 5.82 Å². The Morgan fingerprint density at radius 2 is 2.12 bits per heavy atom. The highest BCUT2D eigenvalue weighted by Crippen LogP contribution is 2.10. The molecule has 4 nitrogen and oxygen atoms in total. The van der Waals surface area contributed by atoms with Crippen molar-refractivity contribution in [3.05, 3.63) is 47.8 Å². The zero-order valence-electron chi connectivity index (χ0n) is 9.57. The van der Waals surface area contributed by atoms with E-state index in [0.717, 1.165) is 18.1 Å². The van der Waals surface area contributed by atoms with Gasteiger partial charge in [-0.05, 0) is 31.5 Å². The van der Waals surface area contributed by atoms with Gasteiger partial charge >= 0.3 is 0 Å². The number of H-pyrrole nitrogens is 1. The van der Waals surface area contributed by atoms with Gasteiger partial charge in [-0.25, -0.2) is 4.98 Å². The first-order valence-corrected chi connectivity index (χ1v) is 5.39. The fraction of sp³-hybridized carbons (Fsp3) is 0.333. The van der Waals surface area contributed by atoms with Gasteiger partial charge < -0.3 is 10.3 Å². The molecule has 2 heterocycles. The van der Waals surface area contributed by atoms with Gasteiger partial charge in [0.25, 0.3) is 0 Å². The zero-order chi connectivity index (χ0) is 11.4. The van der Waals surface area contributed by atoms with Gasteiger partial charge in [0.05, 0.1) is 0 Å². The molecule has 0 saturated heterocycles. The number of imidazole rings is 1. The van der Waals surface area contributed by atoms with Crippen LogP contribution in [0.3, 0.4) is 0 Å². The van der Waals surface area contributed by atoms with Crippen molar-refractivity contribution in [1.82, 2.24) is 20.3 Å². The summed E-state index contributed by atoms with van der Waals surface area (Å²) >= 11 is 0. The smallest absolute Gasteiger partial charge is 0.103 e. The van der Waals surface area contributed by atoms with E-state index in [1.165, 1.54) is 5.56 Å². The third kappa shape index (κ3) is 2.67. The highest BCUT2D eigenvalue weighted by atomic mass is 15.0. The lowest BCUT2D eigenvalue weighted by Gasteiger charge is -2.12. The molecule has 2 N–H and O–H groups in total. The molecule has 0 unspecified atom stereocenters. The second kappa shape index (κ2) is 4.90.